The fourth-order valence-electron chi connectivity index (χ4n) is 7.47. The van der Waals surface area contributed by atoms with Crippen LogP contribution in [0.15, 0.2) is 48.8 Å². The third-order valence-corrected chi connectivity index (χ3v) is 8.88. The lowest BCUT2D eigenvalue weighted by Crippen LogP contribution is -2.44. The number of aromatic amines is 1. The lowest BCUT2D eigenvalue weighted by molar-refractivity contribution is -0.116. The minimum Gasteiger partial charge on any atom is -0.497 e. The van der Waals surface area contributed by atoms with Crippen LogP contribution in [0.25, 0.3) is 0 Å². The van der Waals surface area contributed by atoms with Crippen LogP contribution >= 0.6 is 0 Å². The summed E-state index contributed by atoms with van der Waals surface area (Å²) in [5.74, 6) is 3.37. The molecule has 6 heteroatoms. The van der Waals surface area contributed by atoms with Crippen LogP contribution in [0.3, 0.4) is 0 Å². The predicted octanol–water partition coefficient (Wildman–Crippen LogP) is 5.34. The van der Waals surface area contributed by atoms with Crippen molar-refractivity contribution in [3.8, 4) is 5.75 Å². The highest BCUT2D eigenvalue weighted by molar-refractivity contribution is 5.89. The minimum atomic E-state index is 0.000695. The van der Waals surface area contributed by atoms with Gasteiger partial charge < -0.3 is 10.1 Å². The van der Waals surface area contributed by atoms with Gasteiger partial charge in [-0.1, -0.05) is 31.2 Å². The summed E-state index contributed by atoms with van der Waals surface area (Å²) in [6.07, 6.45) is 9.75. The number of rotatable bonds is 5. The summed E-state index contributed by atoms with van der Waals surface area (Å²) in [5, 5.41) is 10.8. The fraction of sp³-hybridized carbons (Fsp3) is 0.464. The van der Waals surface area contributed by atoms with E-state index in [1.807, 2.05) is 6.20 Å². The number of pyridine rings is 1. The summed E-state index contributed by atoms with van der Waals surface area (Å²) in [7, 11) is 1.61. The van der Waals surface area contributed by atoms with Gasteiger partial charge in [-0.3, -0.25) is 9.89 Å². The smallest absolute Gasteiger partial charge is 0.225 e. The van der Waals surface area contributed by atoms with Crippen LogP contribution in [0.2, 0.25) is 0 Å². The summed E-state index contributed by atoms with van der Waals surface area (Å²) in [6, 6.07) is 12.6. The first kappa shape index (κ1) is 21.4. The van der Waals surface area contributed by atoms with E-state index in [4.69, 9.17) is 4.74 Å². The number of benzene rings is 1. The normalized spacial score (nSPS) is 28.9. The molecule has 34 heavy (non-hydrogen) atoms. The lowest BCUT2D eigenvalue weighted by atomic mass is 9.53. The fourth-order valence-corrected chi connectivity index (χ4v) is 7.47. The zero-order valence-electron chi connectivity index (χ0n) is 19.9. The number of carbonyl (C=O) groups is 1. The van der Waals surface area contributed by atoms with E-state index in [2.05, 4.69) is 51.7 Å². The number of ether oxygens (including phenoxy) is 1. The number of hydrogen-bond acceptors (Lipinski definition) is 4. The Labute approximate surface area is 200 Å². The Morgan fingerprint density at radius 3 is 3.00 bits per heavy atom. The van der Waals surface area contributed by atoms with Gasteiger partial charge in [0, 0.05) is 29.8 Å². The van der Waals surface area contributed by atoms with Gasteiger partial charge in [0.15, 0.2) is 0 Å². The number of H-pyrrole nitrogens is 1. The van der Waals surface area contributed by atoms with Crippen molar-refractivity contribution in [1.29, 1.82) is 0 Å². The zero-order chi connectivity index (χ0) is 23.3. The van der Waals surface area contributed by atoms with Crippen LogP contribution < -0.4 is 10.1 Å². The second kappa shape index (κ2) is 8.26. The number of methoxy groups -OCH3 is 1. The molecule has 3 unspecified atom stereocenters. The number of carbonyl (C=O) groups excluding carboxylic acids is 1. The maximum Gasteiger partial charge on any atom is 0.225 e. The van der Waals surface area contributed by atoms with Crippen molar-refractivity contribution in [2.75, 3.05) is 12.4 Å². The van der Waals surface area contributed by atoms with Crippen LogP contribution in [-0.2, 0) is 16.6 Å². The average molecular weight is 457 g/mol. The molecule has 176 valence electrons. The molecule has 1 aromatic carbocycles. The average Bonchev–Trinajstić information content (AvgIpc) is 3.43. The van der Waals surface area contributed by atoms with E-state index < -0.39 is 0 Å². The Morgan fingerprint density at radius 2 is 2.12 bits per heavy atom. The van der Waals surface area contributed by atoms with Crippen molar-refractivity contribution < 1.29 is 9.53 Å². The van der Waals surface area contributed by atoms with E-state index in [-0.39, 0.29) is 11.3 Å². The molecule has 5 atom stereocenters. The number of nitrogens with zero attached hydrogens (tertiary/aromatic N) is 2. The van der Waals surface area contributed by atoms with Crippen LogP contribution in [0, 0.1) is 11.8 Å². The van der Waals surface area contributed by atoms with Crippen LogP contribution in [0.4, 0.5) is 5.82 Å². The van der Waals surface area contributed by atoms with Crippen molar-refractivity contribution >= 4 is 11.7 Å². The van der Waals surface area contributed by atoms with Crippen LogP contribution in [-0.4, -0.2) is 28.2 Å². The van der Waals surface area contributed by atoms with Crippen molar-refractivity contribution in [2.24, 2.45) is 11.8 Å². The SMILES string of the molecule is COc1ccnc(NC(=O)CC[C@@H]2c3cn[nH]c3[C@@]3(C)CCC4c5ccccc5CCC4C23)c1. The molecule has 6 rings (SSSR count). The van der Waals surface area contributed by atoms with Crippen molar-refractivity contribution in [3.63, 3.8) is 0 Å². The Bertz CT molecular complexity index is 1220. The molecule has 0 spiro atoms. The lowest BCUT2D eigenvalue weighted by Gasteiger charge is -2.50. The predicted molar refractivity (Wildman–Crippen MR) is 131 cm³/mol. The van der Waals surface area contributed by atoms with E-state index in [0.29, 0.717) is 41.7 Å². The molecular weight excluding hydrogens is 424 g/mol. The molecule has 0 radical (unpaired) electrons. The Morgan fingerprint density at radius 1 is 1.24 bits per heavy atom. The third-order valence-electron chi connectivity index (χ3n) is 8.88. The van der Waals surface area contributed by atoms with Crippen LogP contribution in [0.5, 0.6) is 5.75 Å². The van der Waals surface area contributed by atoms with E-state index in [1.165, 1.54) is 36.1 Å². The first-order valence-electron chi connectivity index (χ1n) is 12.5. The van der Waals surface area contributed by atoms with E-state index in [0.717, 1.165) is 12.8 Å². The molecule has 1 saturated carbocycles. The maximum absolute atomic E-state index is 12.9. The van der Waals surface area contributed by atoms with Crippen molar-refractivity contribution in [1.82, 2.24) is 15.2 Å². The Hall–Kier alpha value is -3.15. The van der Waals surface area contributed by atoms with E-state index >= 15 is 0 Å². The number of nitrogens with one attached hydrogen (secondary N) is 2. The standard InChI is InChI=1S/C28H32N4O2/c1-28-13-11-20-19-6-4-3-5-17(19)7-8-21(20)26(28)22(23-16-30-32-27(23)28)9-10-25(33)31-24-15-18(34-2)12-14-29-24/h3-6,12,14-16,20-22,26H,7-11,13H2,1-2H3,(H,30,32)(H,29,31,33)/t20?,21?,22-,26?,28+/m1/s1. The second-order valence-electron chi connectivity index (χ2n) is 10.5. The van der Waals surface area contributed by atoms with Gasteiger partial charge in [0.1, 0.15) is 11.6 Å². The maximum atomic E-state index is 12.9. The van der Waals surface area contributed by atoms with E-state index in [1.54, 1.807) is 31.0 Å². The number of aryl methyl sites for hydroxylation is 1. The van der Waals surface area contributed by atoms with E-state index in [9.17, 15) is 4.79 Å². The summed E-state index contributed by atoms with van der Waals surface area (Å²) >= 11 is 0. The molecule has 1 amide bonds. The molecule has 3 aromatic rings. The topological polar surface area (TPSA) is 79.9 Å². The van der Waals surface area contributed by atoms with Gasteiger partial charge in [0.2, 0.25) is 5.91 Å². The molecule has 6 nitrogen and oxygen atoms in total. The van der Waals surface area contributed by atoms with Gasteiger partial charge in [0.25, 0.3) is 0 Å². The molecule has 2 aromatic heterocycles. The second-order valence-corrected chi connectivity index (χ2v) is 10.5. The van der Waals surface area contributed by atoms with Crippen LogP contribution in [0.1, 0.15) is 73.2 Å². The Balaban J connectivity index is 1.25. The number of anilines is 1. The summed E-state index contributed by atoms with van der Waals surface area (Å²) in [6.45, 7) is 2.44. The number of aromatic nitrogens is 3. The molecule has 2 heterocycles. The van der Waals surface area contributed by atoms with Crippen molar-refractivity contribution in [3.05, 3.63) is 71.2 Å². The quantitative estimate of drug-likeness (QED) is 0.543. The Kier molecular flexibility index (Phi) is 5.19. The molecule has 0 aliphatic heterocycles. The highest BCUT2D eigenvalue weighted by atomic mass is 16.5. The monoisotopic (exact) mass is 456 g/mol. The molecule has 0 bridgehead atoms. The molecule has 3 aliphatic rings. The molecule has 2 N–H and O–H groups in total. The highest BCUT2D eigenvalue weighted by Crippen LogP contribution is 2.64. The largest absolute Gasteiger partial charge is 0.497 e. The molecule has 0 saturated heterocycles. The first-order chi connectivity index (χ1) is 16.6. The van der Waals surface area contributed by atoms with Gasteiger partial charge >= 0.3 is 0 Å². The van der Waals surface area contributed by atoms with Gasteiger partial charge in [-0.05, 0) is 78.5 Å². The molecule has 3 aliphatic carbocycles. The summed E-state index contributed by atoms with van der Waals surface area (Å²) in [5.41, 5.74) is 5.85. The summed E-state index contributed by atoms with van der Waals surface area (Å²) in [4.78, 5) is 17.1. The van der Waals surface area contributed by atoms with Gasteiger partial charge in [-0.2, -0.15) is 5.10 Å². The van der Waals surface area contributed by atoms with Crippen molar-refractivity contribution in [2.45, 2.75) is 62.7 Å². The third kappa shape index (κ3) is 3.34. The number of hydrogen-bond donors (Lipinski definition) is 2. The number of amides is 1. The van der Waals surface area contributed by atoms with Gasteiger partial charge in [0.05, 0.1) is 13.3 Å². The van der Waals surface area contributed by atoms with Gasteiger partial charge in [-0.15, -0.1) is 0 Å². The minimum absolute atomic E-state index is 0.000695. The van der Waals surface area contributed by atoms with Gasteiger partial charge in [-0.25, -0.2) is 4.98 Å². The number of fused-ring (bicyclic) bond motifs is 7. The molecular formula is C28H32N4O2. The molecule has 1 fully saturated rings. The highest BCUT2D eigenvalue weighted by Gasteiger charge is 2.57. The first-order valence-corrected chi connectivity index (χ1v) is 12.5. The zero-order valence-corrected chi connectivity index (χ0v) is 19.9. The summed E-state index contributed by atoms with van der Waals surface area (Å²) < 4.78 is 5.25.